The number of benzene rings is 1. The molecule has 2 unspecified atom stereocenters. The molecule has 2 atom stereocenters. The molecule has 1 heterocycles. The molecule has 4 heteroatoms. The van der Waals surface area contributed by atoms with Gasteiger partial charge in [-0.25, -0.2) is 0 Å². The third-order valence-corrected chi connectivity index (χ3v) is 5.06. The predicted octanol–water partition coefficient (Wildman–Crippen LogP) is 4.16. The zero-order chi connectivity index (χ0) is 13.8. The van der Waals surface area contributed by atoms with Gasteiger partial charge in [-0.1, -0.05) is 30.7 Å². The molecule has 0 radical (unpaired) electrons. The molecule has 0 spiro atoms. The molecule has 2 aliphatic rings. The number of aliphatic imine (C=N–C) groups is 1. The Balaban J connectivity index is 1.68. The van der Waals surface area contributed by atoms with Gasteiger partial charge in [0.05, 0.1) is 12.6 Å². The summed E-state index contributed by atoms with van der Waals surface area (Å²) in [5, 5.41) is 4.52. The molecule has 0 bridgehead atoms. The number of fused-ring (bicyclic) bond motifs is 1. The van der Waals surface area contributed by atoms with E-state index in [0.717, 1.165) is 22.5 Å². The van der Waals surface area contributed by atoms with Gasteiger partial charge in [-0.05, 0) is 37.8 Å². The molecule has 1 aromatic rings. The summed E-state index contributed by atoms with van der Waals surface area (Å²) in [4.78, 5) is 4.90. The monoisotopic (exact) mass is 290 g/mol. The molecule has 20 heavy (non-hydrogen) atoms. The lowest BCUT2D eigenvalue weighted by Gasteiger charge is -2.32. The first-order valence-corrected chi connectivity index (χ1v) is 8.54. The second-order valence-electron chi connectivity index (χ2n) is 5.44. The Kier molecular flexibility index (Phi) is 4.51. The topological polar surface area (TPSA) is 33.6 Å². The molecule has 3 rings (SSSR count). The van der Waals surface area contributed by atoms with Gasteiger partial charge in [0.25, 0.3) is 0 Å². The average Bonchev–Trinajstić information content (AvgIpc) is 2.48. The van der Waals surface area contributed by atoms with Crippen LogP contribution in [0.3, 0.4) is 0 Å². The van der Waals surface area contributed by atoms with Crippen LogP contribution in [0.15, 0.2) is 29.3 Å². The summed E-state index contributed by atoms with van der Waals surface area (Å²) in [5.41, 5.74) is 1.07. The van der Waals surface area contributed by atoms with Gasteiger partial charge < -0.3 is 10.1 Å². The number of ether oxygens (including phenoxy) is 1. The number of anilines is 1. The standard InChI is InChI=1S/C16H22N2OS/c1-2-19-14-8-5-7-13(10-14)17-16-18-15-9-4-3-6-12(15)11-20-16/h5,7-8,10,12,15H,2-4,6,9,11H2,1H3,(H,17,18). The summed E-state index contributed by atoms with van der Waals surface area (Å²) in [6.07, 6.45) is 5.34. The van der Waals surface area contributed by atoms with Crippen molar-refractivity contribution in [3.63, 3.8) is 0 Å². The number of hydrogen-bond acceptors (Lipinski definition) is 4. The molecule has 0 saturated heterocycles. The number of nitrogens with zero attached hydrogens (tertiary/aromatic N) is 1. The smallest absolute Gasteiger partial charge is 0.161 e. The maximum atomic E-state index is 5.53. The summed E-state index contributed by atoms with van der Waals surface area (Å²) >= 11 is 1.86. The molecule has 1 fully saturated rings. The third-order valence-electron chi connectivity index (χ3n) is 3.98. The van der Waals surface area contributed by atoms with Gasteiger partial charge in [-0.2, -0.15) is 0 Å². The number of rotatable bonds is 3. The first-order chi connectivity index (χ1) is 9.85. The van der Waals surface area contributed by atoms with E-state index >= 15 is 0 Å². The summed E-state index contributed by atoms with van der Waals surface area (Å²) in [6, 6.07) is 8.66. The number of hydrogen-bond donors (Lipinski definition) is 1. The van der Waals surface area contributed by atoms with E-state index in [1.165, 1.54) is 31.4 Å². The van der Waals surface area contributed by atoms with Crippen molar-refractivity contribution in [2.75, 3.05) is 17.7 Å². The first-order valence-electron chi connectivity index (χ1n) is 7.55. The fourth-order valence-electron chi connectivity index (χ4n) is 2.95. The van der Waals surface area contributed by atoms with E-state index in [-0.39, 0.29) is 0 Å². The highest BCUT2D eigenvalue weighted by atomic mass is 32.2. The van der Waals surface area contributed by atoms with E-state index in [4.69, 9.17) is 9.73 Å². The van der Waals surface area contributed by atoms with Gasteiger partial charge in [-0.15, -0.1) is 0 Å². The van der Waals surface area contributed by atoms with Gasteiger partial charge in [0.1, 0.15) is 5.75 Å². The highest BCUT2D eigenvalue weighted by Crippen LogP contribution is 2.34. The van der Waals surface area contributed by atoms with E-state index in [1.807, 2.05) is 36.9 Å². The normalized spacial score (nSPS) is 25.6. The first kappa shape index (κ1) is 13.8. The van der Waals surface area contributed by atoms with E-state index < -0.39 is 0 Å². The Morgan fingerprint density at radius 3 is 3.15 bits per heavy atom. The second kappa shape index (κ2) is 6.53. The third kappa shape index (κ3) is 3.29. The molecule has 1 aromatic carbocycles. The maximum Gasteiger partial charge on any atom is 0.161 e. The summed E-state index contributed by atoms with van der Waals surface area (Å²) in [5.74, 6) is 2.92. The Morgan fingerprint density at radius 1 is 1.35 bits per heavy atom. The van der Waals surface area contributed by atoms with Crippen molar-refractivity contribution < 1.29 is 4.74 Å². The van der Waals surface area contributed by atoms with Crippen LogP contribution >= 0.6 is 11.8 Å². The molecule has 0 amide bonds. The van der Waals surface area contributed by atoms with Crippen molar-refractivity contribution in [1.29, 1.82) is 0 Å². The minimum Gasteiger partial charge on any atom is -0.494 e. The molecular weight excluding hydrogens is 268 g/mol. The van der Waals surface area contributed by atoms with Crippen LogP contribution in [0.4, 0.5) is 5.69 Å². The lowest BCUT2D eigenvalue weighted by Crippen LogP contribution is -2.31. The lowest BCUT2D eigenvalue weighted by molar-refractivity contribution is 0.336. The van der Waals surface area contributed by atoms with Crippen LogP contribution in [0.5, 0.6) is 5.75 Å². The Labute approximate surface area is 125 Å². The van der Waals surface area contributed by atoms with Crippen molar-refractivity contribution in [3.05, 3.63) is 24.3 Å². The Hall–Kier alpha value is -1.16. The molecule has 1 aliphatic carbocycles. The molecule has 1 saturated carbocycles. The van der Waals surface area contributed by atoms with E-state index in [9.17, 15) is 0 Å². The van der Waals surface area contributed by atoms with E-state index in [2.05, 4.69) is 11.4 Å². The number of amidine groups is 1. The minimum absolute atomic E-state index is 0.544. The molecule has 1 aliphatic heterocycles. The van der Waals surface area contributed by atoms with Crippen molar-refractivity contribution in [2.24, 2.45) is 10.9 Å². The molecule has 3 nitrogen and oxygen atoms in total. The van der Waals surface area contributed by atoms with Gasteiger partial charge in [-0.3, -0.25) is 4.99 Å². The molecule has 0 aromatic heterocycles. The molecule has 1 N–H and O–H groups in total. The lowest BCUT2D eigenvalue weighted by atomic mass is 9.86. The number of thioether (sulfide) groups is 1. The largest absolute Gasteiger partial charge is 0.494 e. The van der Waals surface area contributed by atoms with Crippen LogP contribution in [0, 0.1) is 5.92 Å². The van der Waals surface area contributed by atoms with Crippen LogP contribution in [0.2, 0.25) is 0 Å². The molecular formula is C16H22N2OS. The van der Waals surface area contributed by atoms with E-state index in [1.54, 1.807) is 0 Å². The second-order valence-corrected chi connectivity index (χ2v) is 6.45. The zero-order valence-corrected chi connectivity index (χ0v) is 12.8. The number of nitrogens with one attached hydrogen (secondary N) is 1. The van der Waals surface area contributed by atoms with Crippen LogP contribution in [-0.2, 0) is 0 Å². The van der Waals surface area contributed by atoms with E-state index in [0.29, 0.717) is 12.6 Å². The Bertz CT molecular complexity index is 489. The fourth-order valence-corrected chi connectivity index (χ4v) is 4.11. The molecule has 108 valence electrons. The van der Waals surface area contributed by atoms with Gasteiger partial charge >= 0.3 is 0 Å². The fraction of sp³-hybridized carbons (Fsp3) is 0.562. The quantitative estimate of drug-likeness (QED) is 0.907. The highest BCUT2D eigenvalue weighted by Gasteiger charge is 2.29. The van der Waals surface area contributed by atoms with Gasteiger partial charge in [0.2, 0.25) is 0 Å². The van der Waals surface area contributed by atoms with Crippen molar-refractivity contribution in [1.82, 2.24) is 0 Å². The minimum atomic E-state index is 0.544. The van der Waals surface area contributed by atoms with Gasteiger partial charge in [0, 0.05) is 17.5 Å². The summed E-state index contributed by atoms with van der Waals surface area (Å²) in [7, 11) is 0. The van der Waals surface area contributed by atoms with Crippen LogP contribution < -0.4 is 10.1 Å². The SMILES string of the molecule is CCOc1cccc(NC2=NC3CCCCC3CS2)c1. The van der Waals surface area contributed by atoms with Crippen molar-refractivity contribution >= 4 is 22.6 Å². The predicted molar refractivity (Wildman–Crippen MR) is 86.9 cm³/mol. The summed E-state index contributed by atoms with van der Waals surface area (Å²) in [6.45, 7) is 2.70. The van der Waals surface area contributed by atoms with Crippen molar-refractivity contribution in [3.8, 4) is 5.75 Å². The van der Waals surface area contributed by atoms with Crippen LogP contribution in [0.25, 0.3) is 0 Å². The highest BCUT2D eigenvalue weighted by molar-refractivity contribution is 8.14. The Morgan fingerprint density at radius 2 is 2.25 bits per heavy atom. The van der Waals surface area contributed by atoms with Crippen molar-refractivity contribution in [2.45, 2.75) is 38.6 Å². The van der Waals surface area contributed by atoms with Crippen LogP contribution in [0.1, 0.15) is 32.6 Å². The van der Waals surface area contributed by atoms with Crippen LogP contribution in [-0.4, -0.2) is 23.6 Å². The van der Waals surface area contributed by atoms with Gasteiger partial charge in [0.15, 0.2) is 5.17 Å². The average molecular weight is 290 g/mol. The summed E-state index contributed by atoms with van der Waals surface area (Å²) < 4.78 is 5.53. The zero-order valence-electron chi connectivity index (χ0n) is 12.0. The maximum absolute atomic E-state index is 5.53.